The topological polar surface area (TPSA) is 38.7 Å². The van der Waals surface area contributed by atoms with Gasteiger partial charge in [-0.25, -0.2) is 4.79 Å². The molecule has 28 heavy (non-hydrogen) atoms. The van der Waals surface area contributed by atoms with Gasteiger partial charge in [0.05, 0.1) is 11.6 Å². The van der Waals surface area contributed by atoms with Crippen molar-refractivity contribution in [1.82, 2.24) is 0 Å². The molecule has 0 aliphatic rings. The Bertz CT molecular complexity index is 665. The minimum absolute atomic E-state index is 0. The van der Waals surface area contributed by atoms with E-state index < -0.39 is 0 Å². The Balaban J connectivity index is -0.00000156. The molecule has 0 N–H and O–H groups in total. The van der Waals surface area contributed by atoms with Crippen LogP contribution < -0.4 is 0 Å². The average molecular weight is 388 g/mol. The van der Waals surface area contributed by atoms with Gasteiger partial charge in [-0.15, -0.1) is 0 Å². The maximum absolute atomic E-state index is 12.3. The molecule has 2 aromatic carbocycles. The quantitative estimate of drug-likeness (QED) is 0.277. The Labute approximate surface area is 173 Å². The van der Waals surface area contributed by atoms with Gasteiger partial charge in [0.25, 0.3) is 0 Å². The molecule has 0 heterocycles. The molecule has 0 radical (unpaired) electrons. The minimum Gasteiger partial charge on any atom is -0.318 e. The van der Waals surface area contributed by atoms with Crippen molar-refractivity contribution >= 4 is 11.7 Å². The Kier molecular flexibility index (Phi) is 16.9. The lowest BCUT2D eigenvalue weighted by molar-refractivity contribution is -0.149. The van der Waals surface area contributed by atoms with E-state index in [1.54, 1.807) is 0 Å². The first-order valence-corrected chi connectivity index (χ1v) is 8.47. The van der Waals surface area contributed by atoms with E-state index in [1.165, 1.54) is 5.56 Å². The molecule has 0 saturated carbocycles. The van der Waals surface area contributed by atoms with Gasteiger partial charge in [-0.05, 0) is 36.8 Å². The number of hydrogen-bond donors (Lipinski definition) is 0. The monoisotopic (exact) mass is 387 g/mol. The van der Waals surface area contributed by atoms with Crippen LogP contribution in [-0.2, 0) is 9.63 Å². The van der Waals surface area contributed by atoms with Crippen LogP contribution in [0.3, 0.4) is 0 Å². The highest BCUT2D eigenvalue weighted by atomic mass is 16.7. The molecular formula is C25H41NO2. The van der Waals surface area contributed by atoms with E-state index in [4.69, 9.17) is 4.84 Å². The molecule has 2 unspecified atom stereocenters. The SMILES string of the molecule is C.C.C.C.CCC(CC(C)c1ccccc1)C(=O)ON=C(C)c1ccccc1. The number of benzene rings is 2. The lowest BCUT2D eigenvalue weighted by Gasteiger charge is -2.17. The molecule has 2 aromatic rings. The fraction of sp³-hybridized carbons (Fsp3) is 0.440. The second-order valence-electron chi connectivity index (χ2n) is 6.11. The van der Waals surface area contributed by atoms with Gasteiger partial charge in [-0.3, -0.25) is 0 Å². The third-order valence-electron chi connectivity index (χ3n) is 4.30. The highest BCUT2D eigenvalue weighted by molar-refractivity contribution is 5.98. The number of carbonyl (C=O) groups excluding carboxylic acids is 1. The first-order valence-electron chi connectivity index (χ1n) is 8.47. The highest BCUT2D eigenvalue weighted by Gasteiger charge is 2.22. The second-order valence-corrected chi connectivity index (χ2v) is 6.11. The molecular weight excluding hydrogens is 346 g/mol. The third kappa shape index (κ3) is 8.98. The van der Waals surface area contributed by atoms with E-state index in [2.05, 4.69) is 24.2 Å². The summed E-state index contributed by atoms with van der Waals surface area (Å²) in [7, 11) is 0. The van der Waals surface area contributed by atoms with Gasteiger partial charge >= 0.3 is 5.97 Å². The first-order chi connectivity index (χ1) is 11.6. The molecule has 2 rings (SSSR count). The zero-order valence-electron chi connectivity index (χ0n) is 14.6. The fourth-order valence-corrected chi connectivity index (χ4v) is 2.69. The van der Waals surface area contributed by atoms with Crippen molar-refractivity contribution in [3.8, 4) is 0 Å². The average Bonchev–Trinajstić information content (AvgIpc) is 2.65. The zero-order chi connectivity index (χ0) is 17.4. The van der Waals surface area contributed by atoms with Crippen LogP contribution in [0.25, 0.3) is 0 Å². The lowest BCUT2D eigenvalue weighted by atomic mass is 9.89. The fourth-order valence-electron chi connectivity index (χ4n) is 2.69. The van der Waals surface area contributed by atoms with Crippen molar-refractivity contribution in [2.24, 2.45) is 11.1 Å². The predicted molar refractivity (Wildman–Crippen MR) is 125 cm³/mol. The highest BCUT2D eigenvalue weighted by Crippen LogP contribution is 2.25. The number of oxime groups is 1. The molecule has 2 atom stereocenters. The molecule has 0 aliphatic heterocycles. The summed E-state index contributed by atoms with van der Waals surface area (Å²) in [5, 5.41) is 4.01. The van der Waals surface area contributed by atoms with Crippen molar-refractivity contribution < 1.29 is 9.63 Å². The number of carbonyl (C=O) groups is 1. The van der Waals surface area contributed by atoms with Crippen LogP contribution in [0.5, 0.6) is 0 Å². The smallest absolute Gasteiger partial charge is 0.318 e. The molecule has 3 nitrogen and oxygen atoms in total. The Morgan fingerprint density at radius 3 is 1.93 bits per heavy atom. The standard InChI is InChI=1S/C21H25NO2.4CH4/c1-4-18(15-16(2)19-11-7-5-8-12-19)21(23)24-22-17(3)20-13-9-6-10-14-20;;;;/h5-14,16,18H,4,15H2,1-3H3;4*1H4. The van der Waals surface area contributed by atoms with Crippen molar-refractivity contribution in [2.45, 2.75) is 69.2 Å². The normalized spacial score (nSPS) is 12.0. The summed E-state index contributed by atoms with van der Waals surface area (Å²) in [4.78, 5) is 17.5. The summed E-state index contributed by atoms with van der Waals surface area (Å²) >= 11 is 0. The van der Waals surface area contributed by atoms with Crippen LogP contribution >= 0.6 is 0 Å². The number of rotatable bonds is 7. The largest absolute Gasteiger partial charge is 0.338 e. The molecule has 0 amide bonds. The van der Waals surface area contributed by atoms with Crippen LogP contribution in [0.15, 0.2) is 65.8 Å². The van der Waals surface area contributed by atoms with Crippen molar-refractivity contribution in [3.05, 3.63) is 71.8 Å². The molecule has 0 spiro atoms. The van der Waals surface area contributed by atoms with E-state index in [9.17, 15) is 4.79 Å². The van der Waals surface area contributed by atoms with Crippen LogP contribution in [0.2, 0.25) is 0 Å². The molecule has 3 heteroatoms. The van der Waals surface area contributed by atoms with E-state index in [0.717, 1.165) is 18.4 Å². The maximum atomic E-state index is 12.3. The van der Waals surface area contributed by atoms with E-state index in [1.807, 2.05) is 62.4 Å². The van der Waals surface area contributed by atoms with Gasteiger partial charge in [0.15, 0.2) is 0 Å². The molecule has 0 bridgehead atoms. The summed E-state index contributed by atoms with van der Waals surface area (Å²) in [6, 6.07) is 20.0. The Morgan fingerprint density at radius 1 is 0.929 bits per heavy atom. The van der Waals surface area contributed by atoms with Crippen LogP contribution in [0, 0.1) is 5.92 Å². The van der Waals surface area contributed by atoms with E-state index in [-0.39, 0.29) is 41.6 Å². The van der Waals surface area contributed by atoms with Crippen molar-refractivity contribution in [2.75, 3.05) is 0 Å². The second kappa shape index (κ2) is 15.6. The summed E-state index contributed by atoms with van der Waals surface area (Å²) in [5.41, 5.74) is 2.90. The first kappa shape index (κ1) is 30.3. The minimum atomic E-state index is -0.254. The zero-order valence-corrected chi connectivity index (χ0v) is 14.6. The molecule has 0 fully saturated rings. The van der Waals surface area contributed by atoms with Crippen LogP contribution in [0.4, 0.5) is 0 Å². The number of hydrogen-bond acceptors (Lipinski definition) is 3. The van der Waals surface area contributed by atoms with Gasteiger partial charge in [0.1, 0.15) is 0 Å². The summed E-state index contributed by atoms with van der Waals surface area (Å²) in [5.74, 6) is -0.0917. The Morgan fingerprint density at radius 2 is 1.43 bits per heavy atom. The van der Waals surface area contributed by atoms with Crippen molar-refractivity contribution in [1.29, 1.82) is 0 Å². The molecule has 158 valence electrons. The third-order valence-corrected chi connectivity index (χ3v) is 4.30. The van der Waals surface area contributed by atoms with Crippen LogP contribution in [0.1, 0.15) is 80.4 Å². The predicted octanol–water partition coefficient (Wildman–Crippen LogP) is 7.72. The molecule has 0 aromatic heterocycles. The molecule has 0 saturated heterocycles. The summed E-state index contributed by atoms with van der Waals surface area (Å²) in [6.07, 6.45) is 1.51. The van der Waals surface area contributed by atoms with E-state index >= 15 is 0 Å². The van der Waals surface area contributed by atoms with Gasteiger partial charge in [-0.2, -0.15) is 0 Å². The van der Waals surface area contributed by atoms with Gasteiger partial charge in [0.2, 0.25) is 0 Å². The summed E-state index contributed by atoms with van der Waals surface area (Å²) < 4.78 is 0. The van der Waals surface area contributed by atoms with Gasteiger partial charge in [-0.1, -0.05) is 109 Å². The van der Waals surface area contributed by atoms with Gasteiger partial charge in [0, 0.05) is 0 Å². The Hall–Kier alpha value is -2.42. The van der Waals surface area contributed by atoms with Gasteiger partial charge < -0.3 is 4.84 Å². The van der Waals surface area contributed by atoms with Crippen LogP contribution in [-0.4, -0.2) is 11.7 Å². The lowest BCUT2D eigenvalue weighted by Crippen LogP contribution is -2.18. The molecule has 0 aliphatic carbocycles. The van der Waals surface area contributed by atoms with Crippen molar-refractivity contribution in [3.63, 3.8) is 0 Å². The summed E-state index contributed by atoms with van der Waals surface area (Å²) in [6.45, 7) is 6.00. The maximum Gasteiger partial charge on any atom is 0.338 e. The number of nitrogens with zero attached hydrogens (tertiary/aromatic N) is 1. The van der Waals surface area contributed by atoms with E-state index in [0.29, 0.717) is 11.6 Å².